The minimum absolute atomic E-state index is 0.610. The van der Waals surface area contributed by atoms with E-state index in [1.807, 2.05) is 20.0 Å². The van der Waals surface area contributed by atoms with Gasteiger partial charge in [-0.1, -0.05) is 0 Å². The third-order valence-corrected chi connectivity index (χ3v) is 2.30. The van der Waals surface area contributed by atoms with Crippen LogP contribution in [0.5, 0.6) is 0 Å². The van der Waals surface area contributed by atoms with Crippen molar-refractivity contribution in [2.75, 3.05) is 25.6 Å². The van der Waals surface area contributed by atoms with Gasteiger partial charge < -0.3 is 15.4 Å². The van der Waals surface area contributed by atoms with Crippen LogP contribution in [0.4, 0.5) is 5.82 Å². The zero-order valence-corrected chi connectivity index (χ0v) is 10.7. The summed E-state index contributed by atoms with van der Waals surface area (Å²) in [5.74, 6) is 0.891. The predicted molar refractivity (Wildman–Crippen MR) is 68.7 cm³/mol. The van der Waals surface area contributed by atoms with Gasteiger partial charge in [0.2, 0.25) is 0 Å². The zero-order chi connectivity index (χ0) is 12.0. The van der Waals surface area contributed by atoms with E-state index in [9.17, 15) is 0 Å². The number of rotatable bonds is 5. The summed E-state index contributed by atoms with van der Waals surface area (Å²) in [6, 6.07) is 1.95. The van der Waals surface area contributed by atoms with Crippen molar-refractivity contribution in [1.82, 2.24) is 15.1 Å². The molecule has 0 aliphatic rings. The molecule has 0 radical (unpaired) electrons. The molecule has 0 spiro atoms. The average Bonchev–Trinajstić information content (AvgIpc) is 2.52. The van der Waals surface area contributed by atoms with Crippen molar-refractivity contribution in [3.05, 3.63) is 11.8 Å². The first-order chi connectivity index (χ1) is 7.63. The van der Waals surface area contributed by atoms with E-state index in [0.717, 1.165) is 31.1 Å². The van der Waals surface area contributed by atoms with E-state index >= 15 is 0 Å². The number of nitrogens with zero attached hydrogens (tertiary/aromatic N) is 2. The van der Waals surface area contributed by atoms with Crippen LogP contribution in [0.15, 0.2) is 6.07 Å². The molecule has 90 valence electrons. The normalized spacial score (nSPS) is 10.2. The van der Waals surface area contributed by atoms with Gasteiger partial charge in [0.15, 0.2) is 5.11 Å². The Morgan fingerprint density at radius 3 is 2.94 bits per heavy atom. The van der Waals surface area contributed by atoms with Gasteiger partial charge in [0.1, 0.15) is 5.82 Å². The molecule has 1 aromatic rings. The van der Waals surface area contributed by atoms with Crippen molar-refractivity contribution in [3.63, 3.8) is 0 Å². The summed E-state index contributed by atoms with van der Waals surface area (Å²) in [6.07, 6.45) is 0.933. The van der Waals surface area contributed by atoms with Crippen molar-refractivity contribution in [1.29, 1.82) is 0 Å². The maximum atomic E-state index is 5.15. The summed E-state index contributed by atoms with van der Waals surface area (Å²) in [6.45, 7) is 3.48. The summed E-state index contributed by atoms with van der Waals surface area (Å²) >= 11 is 5.15. The van der Waals surface area contributed by atoms with Crippen LogP contribution in [0, 0.1) is 6.92 Å². The Bertz CT molecular complexity index is 351. The van der Waals surface area contributed by atoms with Gasteiger partial charge in [0, 0.05) is 33.4 Å². The Morgan fingerprint density at radius 2 is 2.38 bits per heavy atom. The number of thiocarbonyl (C=S) groups is 1. The second-order valence-corrected chi connectivity index (χ2v) is 3.93. The lowest BCUT2D eigenvalue weighted by Gasteiger charge is -2.09. The smallest absolute Gasteiger partial charge is 0.171 e. The van der Waals surface area contributed by atoms with Crippen LogP contribution in [0.25, 0.3) is 0 Å². The highest BCUT2D eigenvalue weighted by Gasteiger charge is 2.03. The lowest BCUT2D eigenvalue weighted by molar-refractivity contribution is 0.196. The molecule has 16 heavy (non-hydrogen) atoms. The molecule has 1 aromatic heterocycles. The molecule has 0 unspecified atom stereocenters. The van der Waals surface area contributed by atoms with Gasteiger partial charge in [0.25, 0.3) is 0 Å². The van der Waals surface area contributed by atoms with Crippen LogP contribution in [-0.2, 0) is 11.8 Å². The fourth-order valence-corrected chi connectivity index (χ4v) is 1.51. The SMILES string of the molecule is COCCCNC(=S)Nc1cc(C)nn1C. The van der Waals surface area contributed by atoms with Crippen LogP contribution in [-0.4, -0.2) is 35.2 Å². The van der Waals surface area contributed by atoms with E-state index in [4.69, 9.17) is 17.0 Å². The maximum Gasteiger partial charge on any atom is 0.171 e. The fraction of sp³-hybridized carbons (Fsp3) is 0.600. The average molecular weight is 242 g/mol. The number of hydrogen-bond donors (Lipinski definition) is 2. The van der Waals surface area contributed by atoms with Crippen LogP contribution in [0.2, 0.25) is 0 Å². The summed E-state index contributed by atoms with van der Waals surface area (Å²) in [5, 5.41) is 11.0. The standard InChI is InChI=1S/C10H18N4OS/c1-8-7-9(14(2)13-8)12-10(16)11-5-4-6-15-3/h7H,4-6H2,1-3H3,(H2,11,12,16). The van der Waals surface area contributed by atoms with Crippen molar-refractivity contribution >= 4 is 23.1 Å². The summed E-state index contributed by atoms with van der Waals surface area (Å²) in [5.41, 5.74) is 0.965. The highest BCUT2D eigenvalue weighted by Crippen LogP contribution is 2.07. The van der Waals surface area contributed by atoms with Gasteiger partial charge in [-0.3, -0.25) is 4.68 Å². The fourth-order valence-electron chi connectivity index (χ4n) is 1.31. The van der Waals surface area contributed by atoms with E-state index in [0.29, 0.717) is 5.11 Å². The molecule has 5 nitrogen and oxygen atoms in total. The second kappa shape index (κ2) is 6.44. The van der Waals surface area contributed by atoms with Gasteiger partial charge in [-0.25, -0.2) is 0 Å². The first-order valence-corrected chi connectivity index (χ1v) is 5.58. The van der Waals surface area contributed by atoms with E-state index < -0.39 is 0 Å². The molecule has 6 heteroatoms. The minimum atomic E-state index is 0.610. The molecule has 0 aliphatic carbocycles. The van der Waals surface area contributed by atoms with E-state index in [-0.39, 0.29) is 0 Å². The third-order valence-electron chi connectivity index (χ3n) is 2.05. The van der Waals surface area contributed by atoms with Gasteiger partial charge in [0.05, 0.1) is 5.69 Å². The largest absolute Gasteiger partial charge is 0.385 e. The molecule has 0 fully saturated rings. The Balaban J connectivity index is 2.31. The first kappa shape index (κ1) is 12.9. The van der Waals surface area contributed by atoms with E-state index in [1.165, 1.54) is 0 Å². The summed E-state index contributed by atoms with van der Waals surface area (Å²) in [7, 11) is 3.57. The van der Waals surface area contributed by atoms with E-state index in [2.05, 4.69) is 15.7 Å². The van der Waals surface area contributed by atoms with Crippen LogP contribution in [0.1, 0.15) is 12.1 Å². The number of nitrogens with one attached hydrogen (secondary N) is 2. The number of anilines is 1. The zero-order valence-electron chi connectivity index (χ0n) is 9.91. The lowest BCUT2D eigenvalue weighted by Crippen LogP contribution is -2.30. The van der Waals surface area contributed by atoms with Crippen molar-refractivity contribution < 1.29 is 4.74 Å². The molecule has 2 N–H and O–H groups in total. The Kier molecular flexibility index (Phi) is 5.21. The van der Waals surface area contributed by atoms with Gasteiger partial charge in [-0.05, 0) is 25.6 Å². The molecule has 0 bridgehead atoms. The lowest BCUT2D eigenvalue weighted by atomic mass is 10.4. The van der Waals surface area contributed by atoms with Crippen LogP contribution < -0.4 is 10.6 Å². The molecule has 0 amide bonds. The molecule has 0 aromatic carbocycles. The first-order valence-electron chi connectivity index (χ1n) is 5.18. The van der Waals surface area contributed by atoms with Crippen molar-refractivity contribution in [2.45, 2.75) is 13.3 Å². The van der Waals surface area contributed by atoms with Crippen LogP contribution in [0.3, 0.4) is 0 Å². The Morgan fingerprint density at radius 1 is 1.62 bits per heavy atom. The minimum Gasteiger partial charge on any atom is -0.385 e. The van der Waals surface area contributed by atoms with Crippen molar-refractivity contribution in [2.24, 2.45) is 7.05 Å². The Labute approximate surface area is 101 Å². The Hall–Kier alpha value is -1.14. The van der Waals surface area contributed by atoms with Gasteiger partial charge >= 0.3 is 0 Å². The third kappa shape index (κ3) is 4.16. The molecule has 1 heterocycles. The number of aromatic nitrogens is 2. The molecule has 0 atom stereocenters. The molecule has 0 saturated heterocycles. The molecule has 1 rings (SSSR count). The molecule has 0 saturated carbocycles. The number of ether oxygens (including phenoxy) is 1. The topological polar surface area (TPSA) is 51.1 Å². The molecule has 0 aliphatic heterocycles. The highest BCUT2D eigenvalue weighted by molar-refractivity contribution is 7.80. The highest BCUT2D eigenvalue weighted by atomic mass is 32.1. The van der Waals surface area contributed by atoms with Crippen LogP contribution >= 0.6 is 12.2 Å². The van der Waals surface area contributed by atoms with Gasteiger partial charge in [-0.15, -0.1) is 0 Å². The molecular weight excluding hydrogens is 224 g/mol. The van der Waals surface area contributed by atoms with E-state index in [1.54, 1.807) is 11.8 Å². The quantitative estimate of drug-likeness (QED) is 0.597. The monoisotopic (exact) mass is 242 g/mol. The summed E-state index contributed by atoms with van der Waals surface area (Å²) in [4.78, 5) is 0. The van der Waals surface area contributed by atoms with Gasteiger partial charge in [-0.2, -0.15) is 5.10 Å². The number of aryl methyl sites for hydroxylation is 2. The predicted octanol–water partition coefficient (Wildman–Crippen LogP) is 1.05. The number of hydrogen-bond acceptors (Lipinski definition) is 3. The van der Waals surface area contributed by atoms with Crippen molar-refractivity contribution in [3.8, 4) is 0 Å². The maximum absolute atomic E-state index is 5.15. The number of methoxy groups -OCH3 is 1. The second-order valence-electron chi connectivity index (χ2n) is 3.52. The summed E-state index contributed by atoms with van der Waals surface area (Å²) < 4.78 is 6.71. The molecular formula is C10H18N4OS.